The van der Waals surface area contributed by atoms with Crippen LogP contribution in [-0.4, -0.2) is 24.5 Å². The van der Waals surface area contributed by atoms with Gasteiger partial charge in [0.25, 0.3) is 0 Å². The topological polar surface area (TPSA) is 71.0 Å². The van der Waals surface area contributed by atoms with Gasteiger partial charge in [-0.3, -0.25) is 0 Å². The Balaban J connectivity index is 3.35. The first kappa shape index (κ1) is 11.9. The Bertz CT molecular complexity index is 356. The molecule has 15 heavy (non-hydrogen) atoms. The Hall–Kier alpha value is -1.17. The van der Waals surface area contributed by atoms with E-state index in [0.717, 1.165) is 0 Å². The van der Waals surface area contributed by atoms with Gasteiger partial charge in [-0.2, -0.15) is 0 Å². The molecule has 0 saturated carbocycles. The van der Waals surface area contributed by atoms with Crippen molar-refractivity contribution in [3.63, 3.8) is 0 Å². The third-order valence-corrected chi connectivity index (χ3v) is 2.36. The van der Waals surface area contributed by atoms with E-state index in [-0.39, 0.29) is 17.3 Å². The molecule has 0 aliphatic rings. The average Bonchev–Trinajstić information content (AvgIpc) is 2.24. The lowest BCUT2D eigenvalue weighted by Gasteiger charge is -2.14. The molecule has 0 amide bonds. The van der Waals surface area contributed by atoms with Crippen LogP contribution in [0.1, 0.15) is 5.56 Å². The summed E-state index contributed by atoms with van der Waals surface area (Å²) in [5.41, 5.74) is 2.38. The predicted octanol–water partition coefficient (Wildman–Crippen LogP) is 1.54. The summed E-state index contributed by atoms with van der Waals surface area (Å²) >= 11 is 5.85. The SMILES string of the molecule is COc1cc(O)c(Cl)c(CNO)c1OC. The fourth-order valence-corrected chi connectivity index (χ4v) is 1.48. The lowest BCUT2D eigenvalue weighted by Crippen LogP contribution is -2.09. The molecule has 0 atom stereocenters. The number of rotatable bonds is 4. The molecule has 1 rings (SSSR count). The number of hydrogen-bond acceptors (Lipinski definition) is 5. The number of methoxy groups -OCH3 is 2. The lowest BCUT2D eigenvalue weighted by molar-refractivity contribution is 0.160. The minimum atomic E-state index is -0.125. The second kappa shape index (κ2) is 5.06. The second-order valence-corrected chi connectivity index (χ2v) is 3.14. The maximum absolute atomic E-state index is 9.48. The van der Waals surface area contributed by atoms with Crippen molar-refractivity contribution < 1.29 is 19.8 Å². The van der Waals surface area contributed by atoms with Gasteiger partial charge < -0.3 is 19.8 Å². The van der Waals surface area contributed by atoms with Crippen molar-refractivity contribution in [1.29, 1.82) is 0 Å². The first-order valence-corrected chi connectivity index (χ1v) is 4.52. The average molecular weight is 234 g/mol. The molecule has 1 aromatic rings. The molecular formula is C9H12ClNO4. The Morgan fingerprint density at radius 1 is 1.40 bits per heavy atom. The molecule has 84 valence electrons. The van der Waals surface area contributed by atoms with Crippen LogP contribution in [0.25, 0.3) is 0 Å². The van der Waals surface area contributed by atoms with Gasteiger partial charge in [0.15, 0.2) is 11.5 Å². The van der Waals surface area contributed by atoms with Crippen LogP contribution in [0.2, 0.25) is 5.02 Å². The Kier molecular flexibility index (Phi) is 4.02. The summed E-state index contributed by atoms with van der Waals surface area (Å²) in [4.78, 5) is 0. The number of benzene rings is 1. The molecule has 0 aliphatic heterocycles. The molecule has 0 unspecified atom stereocenters. The molecule has 0 aliphatic carbocycles. The monoisotopic (exact) mass is 233 g/mol. The molecule has 0 aromatic heterocycles. The molecule has 1 aromatic carbocycles. The lowest BCUT2D eigenvalue weighted by atomic mass is 10.1. The predicted molar refractivity (Wildman–Crippen MR) is 54.8 cm³/mol. The zero-order valence-electron chi connectivity index (χ0n) is 8.37. The van der Waals surface area contributed by atoms with E-state index in [1.165, 1.54) is 20.3 Å². The van der Waals surface area contributed by atoms with E-state index < -0.39 is 0 Å². The summed E-state index contributed by atoms with van der Waals surface area (Å²) in [6, 6.07) is 1.35. The Labute approximate surface area is 92.1 Å². The molecule has 0 saturated heterocycles. The first-order valence-electron chi connectivity index (χ1n) is 4.15. The Morgan fingerprint density at radius 3 is 2.53 bits per heavy atom. The molecule has 0 spiro atoms. The van der Waals surface area contributed by atoms with Crippen LogP contribution in [0.5, 0.6) is 17.2 Å². The van der Waals surface area contributed by atoms with E-state index in [4.69, 9.17) is 26.3 Å². The highest BCUT2D eigenvalue weighted by molar-refractivity contribution is 6.33. The highest BCUT2D eigenvalue weighted by atomic mass is 35.5. The number of ether oxygens (including phenoxy) is 2. The third kappa shape index (κ3) is 2.26. The van der Waals surface area contributed by atoms with Gasteiger partial charge in [0.2, 0.25) is 0 Å². The van der Waals surface area contributed by atoms with Gasteiger partial charge in [-0.25, -0.2) is 5.48 Å². The summed E-state index contributed by atoms with van der Waals surface area (Å²) in [6.07, 6.45) is 0. The zero-order valence-corrected chi connectivity index (χ0v) is 9.13. The largest absolute Gasteiger partial charge is 0.506 e. The summed E-state index contributed by atoms with van der Waals surface area (Å²) in [5, 5.41) is 18.2. The molecule has 0 bridgehead atoms. The van der Waals surface area contributed by atoms with Gasteiger partial charge in [-0.1, -0.05) is 11.6 Å². The first-order chi connectivity index (χ1) is 7.15. The molecule has 0 radical (unpaired) electrons. The number of phenolic OH excluding ortho intramolecular Hbond substituents is 1. The number of hydrogen-bond donors (Lipinski definition) is 3. The van der Waals surface area contributed by atoms with Gasteiger partial charge in [0, 0.05) is 11.6 Å². The van der Waals surface area contributed by atoms with Crippen molar-refractivity contribution in [2.75, 3.05) is 14.2 Å². The molecule has 0 heterocycles. The summed E-state index contributed by atoms with van der Waals surface area (Å²) in [6.45, 7) is 0.0484. The van der Waals surface area contributed by atoms with E-state index in [9.17, 15) is 5.11 Å². The van der Waals surface area contributed by atoms with Crippen LogP contribution in [0.4, 0.5) is 0 Å². The van der Waals surface area contributed by atoms with Crippen molar-refractivity contribution in [3.8, 4) is 17.2 Å². The van der Waals surface area contributed by atoms with Crippen LogP contribution >= 0.6 is 11.6 Å². The van der Waals surface area contributed by atoms with Crippen molar-refractivity contribution in [2.45, 2.75) is 6.54 Å². The van der Waals surface area contributed by atoms with Crippen LogP contribution < -0.4 is 15.0 Å². The van der Waals surface area contributed by atoms with Crippen molar-refractivity contribution >= 4 is 11.6 Å². The van der Waals surface area contributed by atoms with Crippen molar-refractivity contribution in [1.82, 2.24) is 5.48 Å². The molecule has 3 N–H and O–H groups in total. The van der Waals surface area contributed by atoms with Gasteiger partial charge in [0.1, 0.15) is 5.75 Å². The fourth-order valence-electron chi connectivity index (χ4n) is 1.27. The molecule has 6 heteroatoms. The van der Waals surface area contributed by atoms with Crippen LogP contribution in [0.3, 0.4) is 0 Å². The maximum Gasteiger partial charge on any atom is 0.167 e. The summed E-state index contributed by atoms with van der Waals surface area (Å²) in [7, 11) is 2.90. The van der Waals surface area contributed by atoms with Crippen LogP contribution in [-0.2, 0) is 6.54 Å². The number of nitrogens with one attached hydrogen (secondary N) is 1. The minimum absolute atomic E-state index is 0.0484. The maximum atomic E-state index is 9.48. The smallest absolute Gasteiger partial charge is 0.167 e. The van der Waals surface area contributed by atoms with E-state index >= 15 is 0 Å². The van der Waals surface area contributed by atoms with Gasteiger partial charge in [-0.05, 0) is 0 Å². The van der Waals surface area contributed by atoms with Crippen LogP contribution in [0, 0.1) is 0 Å². The van der Waals surface area contributed by atoms with Gasteiger partial charge in [0.05, 0.1) is 25.8 Å². The zero-order chi connectivity index (χ0) is 11.4. The Morgan fingerprint density at radius 2 is 2.07 bits per heavy atom. The molecular weight excluding hydrogens is 222 g/mol. The van der Waals surface area contributed by atoms with E-state index in [1.807, 2.05) is 5.48 Å². The number of aromatic hydroxyl groups is 1. The van der Waals surface area contributed by atoms with E-state index in [1.54, 1.807) is 0 Å². The van der Waals surface area contributed by atoms with Gasteiger partial charge in [-0.15, -0.1) is 0 Å². The van der Waals surface area contributed by atoms with Crippen molar-refractivity contribution in [2.24, 2.45) is 0 Å². The van der Waals surface area contributed by atoms with Crippen LogP contribution in [0.15, 0.2) is 6.07 Å². The molecule has 0 fully saturated rings. The third-order valence-electron chi connectivity index (χ3n) is 1.94. The molecule has 5 nitrogen and oxygen atoms in total. The normalized spacial score (nSPS) is 10.1. The van der Waals surface area contributed by atoms with Crippen molar-refractivity contribution in [3.05, 3.63) is 16.7 Å². The highest BCUT2D eigenvalue weighted by Crippen LogP contribution is 2.41. The summed E-state index contributed by atoms with van der Waals surface area (Å²) in [5.74, 6) is 0.603. The highest BCUT2D eigenvalue weighted by Gasteiger charge is 2.17. The summed E-state index contributed by atoms with van der Waals surface area (Å²) < 4.78 is 10.1. The number of phenols is 1. The standard InChI is InChI=1S/C9H12ClNO4/c1-14-7-3-6(12)8(10)5(4-11-13)9(7)15-2/h3,11-13H,4H2,1-2H3. The number of hydroxylamine groups is 1. The minimum Gasteiger partial charge on any atom is -0.506 e. The van der Waals surface area contributed by atoms with E-state index in [0.29, 0.717) is 17.1 Å². The number of halogens is 1. The van der Waals surface area contributed by atoms with Gasteiger partial charge >= 0.3 is 0 Å². The fraction of sp³-hybridized carbons (Fsp3) is 0.333. The second-order valence-electron chi connectivity index (χ2n) is 2.76. The van der Waals surface area contributed by atoms with E-state index in [2.05, 4.69) is 0 Å². The quantitative estimate of drug-likeness (QED) is 0.689.